The molecular weight excluding hydrogens is 144 g/mol. The maximum absolute atomic E-state index is 10.7. The lowest BCUT2D eigenvalue weighted by Gasteiger charge is -2.24. The number of amides is 1. The number of hydrogen-bond donors (Lipinski definition) is 1. The van der Waals surface area contributed by atoms with E-state index in [2.05, 4.69) is 5.32 Å². The molecule has 0 saturated carbocycles. The minimum Gasteiger partial charge on any atom is -0.447 e. The largest absolute Gasteiger partial charge is 0.447 e. The first-order chi connectivity index (χ1) is 5.02. The minimum absolute atomic E-state index is 0.208. The summed E-state index contributed by atoms with van der Waals surface area (Å²) in [5.41, 5.74) is -0.208. The topological polar surface area (TPSA) is 41.6 Å². The Morgan fingerprint density at radius 3 is 2.73 bits per heavy atom. The van der Waals surface area contributed by atoms with E-state index in [1.807, 2.05) is 25.9 Å². The number of carbonyl (C=O) groups is 1. The standard InChI is InChI=1S/C7H14N2O2/c1-7(4-9(2)3)5-11-6(10)8-7/h4-5H2,1-3H3,(H,8,10). The average molecular weight is 158 g/mol. The van der Waals surface area contributed by atoms with Crippen molar-refractivity contribution >= 4 is 6.09 Å². The number of likely N-dealkylation sites (N-methyl/N-ethyl adjacent to an activating group) is 1. The van der Waals surface area contributed by atoms with Gasteiger partial charge in [-0.3, -0.25) is 0 Å². The maximum atomic E-state index is 10.7. The average Bonchev–Trinajstić information content (AvgIpc) is 2.08. The smallest absolute Gasteiger partial charge is 0.407 e. The van der Waals surface area contributed by atoms with Crippen molar-refractivity contribution in [2.24, 2.45) is 0 Å². The molecule has 0 radical (unpaired) electrons. The minimum atomic E-state index is -0.311. The van der Waals surface area contributed by atoms with Crippen LogP contribution in [0.4, 0.5) is 4.79 Å². The molecule has 1 aliphatic rings. The molecule has 1 heterocycles. The van der Waals surface area contributed by atoms with Crippen LogP contribution in [-0.4, -0.2) is 43.8 Å². The Balaban J connectivity index is 2.48. The fraction of sp³-hybridized carbons (Fsp3) is 0.857. The van der Waals surface area contributed by atoms with Gasteiger partial charge in [0.15, 0.2) is 0 Å². The fourth-order valence-corrected chi connectivity index (χ4v) is 1.33. The number of cyclic esters (lactones) is 1. The number of carbonyl (C=O) groups excluding carboxylic acids is 1. The number of ether oxygens (including phenoxy) is 1. The van der Waals surface area contributed by atoms with Gasteiger partial charge < -0.3 is 15.0 Å². The van der Waals surface area contributed by atoms with Gasteiger partial charge in [0.1, 0.15) is 6.61 Å². The van der Waals surface area contributed by atoms with Crippen LogP contribution >= 0.6 is 0 Å². The summed E-state index contributed by atoms with van der Waals surface area (Å²) in [6.45, 7) is 3.24. The highest BCUT2D eigenvalue weighted by Gasteiger charge is 2.34. The molecule has 64 valence electrons. The predicted molar refractivity (Wildman–Crippen MR) is 41.4 cm³/mol. The van der Waals surface area contributed by atoms with E-state index in [9.17, 15) is 4.79 Å². The fourth-order valence-electron chi connectivity index (χ4n) is 1.33. The molecule has 0 bridgehead atoms. The van der Waals surface area contributed by atoms with Crippen LogP contribution in [0.25, 0.3) is 0 Å². The van der Waals surface area contributed by atoms with Crippen LogP contribution in [0.3, 0.4) is 0 Å². The van der Waals surface area contributed by atoms with Crippen molar-refractivity contribution < 1.29 is 9.53 Å². The van der Waals surface area contributed by atoms with Crippen molar-refractivity contribution in [3.8, 4) is 0 Å². The highest BCUT2D eigenvalue weighted by Crippen LogP contribution is 2.12. The van der Waals surface area contributed by atoms with E-state index >= 15 is 0 Å². The first kappa shape index (κ1) is 8.33. The van der Waals surface area contributed by atoms with Crippen molar-refractivity contribution in [3.05, 3.63) is 0 Å². The molecule has 0 aromatic rings. The second-order valence-corrected chi connectivity index (χ2v) is 3.50. The lowest BCUT2D eigenvalue weighted by Crippen LogP contribution is -2.48. The normalized spacial score (nSPS) is 30.4. The van der Waals surface area contributed by atoms with Gasteiger partial charge in [-0.15, -0.1) is 0 Å². The summed E-state index contributed by atoms with van der Waals surface area (Å²) in [5, 5.41) is 2.76. The Hall–Kier alpha value is -0.770. The van der Waals surface area contributed by atoms with E-state index in [0.29, 0.717) is 6.61 Å². The molecule has 0 aromatic carbocycles. The number of rotatable bonds is 2. The highest BCUT2D eigenvalue weighted by atomic mass is 16.6. The predicted octanol–water partition coefficient (Wildman–Crippen LogP) is 0.0465. The van der Waals surface area contributed by atoms with Gasteiger partial charge in [0, 0.05) is 6.54 Å². The number of nitrogens with one attached hydrogen (secondary N) is 1. The van der Waals surface area contributed by atoms with Crippen molar-refractivity contribution in [1.29, 1.82) is 0 Å². The highest BCUT2D eigenvalue weighted by molar-refractivity contribution is 5.70. The molecule has 1 amide bonds. The molecule has 1 rings (SSSR count). The summed E-state index contributed by atoms with van der Waals surface area (Å²) in [6, 6.07) is 0. The van der Waals surface area contributed by atoms with Crippen LogP contribution in [0, 0.1) is 0 Å². The quantitative estimate of drug-likeness (QED) is 0.617. The Labute approximate surface area is 66.5 Å². The second kappa shape index (κ2) is 2.70. The third kappa shape index (κ3) is 2.08. The molecule has 1 fully saturated rings. The molecule has 4 heteroatoms. The number of nitrogens with zero attached hydrogens (tertiary/aromatic N) is 1. The van der Waals surface area contributed by atoms with Crippen LogP contribution in [0.15, 0.2) is 0 Å². The van der Waals surface area contributed by atoms with Gasteiger partial charge in [-0.2, -0.15) is 0 Å². The molecule has 1 N–H and O–H groups in total. The van der Waals surface area contributed by atoms with Gasteiger partial charge in [0.25, 0.3) is 0 Å². The zero-order valence-electron chi connectivity index (χ0n) is 7.18. The van der Waals surface area contributed by atoms with E-state index in [1.165, 1.54) is 0 Å². The SMILES string of the molecule is CN(C)CC1(C)COC(=O)N1. The molecular formula is C7H14N2O2. The molecule has 0 aliphatic carbocycles. The van der Waals surface area contributed by atoms with Crippen LogP contribution in [0.5, 0.6) is 0 Å². The zero-order valence-corrected chi connectivity index (χ0v) is 7.18. The first-order valence-corrected chi connectivity index (χ1v) is 3.61. The van der Waals surface area contributed by atoms with Crippen LogP contribution in [0.1, 0.15) is 6.92 Å². The summed E-state index contributed by atoms with van der Waals surface area (Å²) < 4.78 is 4.79. The van der Waals surface area contributed by atoms with Gasteiger partial charge in [0.05, 0.1) is 5.54 Å². The molecule has 1 atom stereocenters. The van der Waals surface area contributed by atoms with Crippen molar-refractivity contribution in [2.45, 2.75) is 12.5 Å². The third-order valence-corrected chi connectivity index (χ3v) is 1.59. The van der Waals surface area contributed by atoms with Crippen molar-refractivity contribution in [1.82, 2.24) is 10.2 Å². The molecule has 0 spiro atoms. The molecule has 0 aromatic heterocycles. The molecule has 1 saturated heterocycles. The Morgan fingerprint density at radius 1 is 1.73 bits per heavy atom. The third-order valence-electron chi connectivity index (χ3n) is 1.59. The Morgan fingerprint density at radius 2 is 2.36 bits per heavy atom. The number of alkyl carbamates (subject to hydrolysis) is 1. The monoisotopic (exact) mass is 158 g/mol. The van der Waals surface area contributed by atoms with Crippen LogP contribution < -0.4 is 5.32 Å². The van der Waals surface area contributed by atoms with Crippen LogP contribution in [0.2, 0.25) is 0 Å². The van der Waals surface area contributed by atoms with Gasteiger partial charge in [-0.1, -0.05) is 0 Å². The molecule has 1 aliphatic heterocycles. The second-order valence-electron chi connectivity index (χ2n) is 3.50. The summed E-state index contributed by atoms with van der Waals surface area (Å²) in [4.78, 5) is 12.7. The van der Waals surface area contributed by atoms with E-state index < -0.39 is 0 Å². The van der Waals surface area contributed by atoms with Gasteiger partial charge >= 0.3 is 6.09 Å². The van der Waals surface area contributed by atoms with E-state index in [4.69, 9.17) is 4.74 Å². The van der Waals surface area contributed by atoms with Crippen LogP contribution in [-0.2, 0) is 4.74 Å². The van der Waals surface area contributed by atoms with Gasteiger partial charge in [-0.05, 0) is 21.0 Å². The molecule has 11 heavy (non-hydrogen) atoms. The molecule has 1 unspecified atom stereocenters. The van der Waals surface area contributed by atoms with Crippen molar-refractivity contribution in [2.75, 3.05) is 27.2 Å². The Bertz CT molecular complexity index is 170. The van der Waals surface area contributed by atoms with Gasteiger partial charge in [0.2, 0.25) is 0 Å². The van der Waals surface area contributed by atoms with Crippen molar-refractivity contribution in [3.63, 3.8) is 0 Å². The number of hydrogen-bond acceptors (Lipinski definition) is 3. The van der Waals surface area contributed by atoms with E-state index in [0.717, 1.165) is 6.54 Å². The first-order valence-electron chi connectivity index (χ1n) is 3.61. The summed E-state index contributed by atoms with van der Waals surface area (Å²) in [6.07, 6.45) is -0.311. The van der Waals surface area contributed by atoms with E-state index in [1.54, 1.807) is 0 Å². The molecule has 4 nitrogen and oxygen atoms in total. The van der Waals surface area contributed by atoms with E-state index in [-0.39, 0.29) is 11.6 Å². The zero-order chi connectivity index (χ0) is 8.48. The summed E-state index contributed by atoms with van der Waals surface area (Å²) in [5.74, 6) is 0. The summed E-state index contributed by atoms with van der Waals surface area (Å²) >= 11 is 0. The van der Waals surface area contributed by atoms with Gasteiger partial charge in [-0.25, -0.2) is 4.79 Å². The summed E-state index contributed by atoms with van der Waals surface area (Å²) in [7, 11) is 3.94. The lowest BCUT2D eigenvalue weighted by molar-refractivity contribution is 0.169. The lowest BCUT2D eigenvalue weighted by atomic mass is 10.1. The Kier molecular flexibility index (Phi) is 2.04. The maximum Gasteiger partial charge on any atom is 0.407 e.